The molecule has 2 amide bonds. The average Bonchev–Trinajstić information content (AvgIpc) is 3.02. The summed E-state index contributed by atoms with van der Waals surface area (Å²) in [5.74, 6) is 1.32. The van der Waals surface area contributed by atoms with Crippen molar-refractivity contribution in [2.24, 2.45) is 5.41 Å². The highest BCUT2D eigenvalue weighted by Crippen LogP contribution is 2.40. The average molecular weight is 332 g/mol. The van der Waals surface area contributed by atoms with Crippen LogP contribution >= 0.6 is 0 Å². The molecule has 2 fully saturated rings. The predicted molar refractivity (Wildman–Crippen MR) is 91.4 cm³/mol. The number of imidazole rings is 1. The molecular formula is C18H28N4O2. The Bertz CT molecular complexity index is 616. The van der Waals surface area contributed by atoms with E-state index in [0.717, 1.165) is 51.3 Å². The normalized spacial score (nSPS) is 22.0. The van der Waals surface area contributed by atoms with Gasteiger partial charge in [-0.2, -0.15) is 0 Å². The van der Waals surface area contributed by atoms with Crippen molar-refractivity contribution in [3.05, 3.63) is 18.2 Å². The van der Waals surface area contributed by atoms with E-state index >= 15 is 0 Å². The Labute approximate surface area is 143 Å². The van der Waals surface area contributed by atoms with E-state index in [1.165, 1.54) is 0 Å². The van der Waals surface area contributed by atoms with Crippen molar-refractivity contribution in [2.75, 3.05) is 26.2 Å². The van der Waals surface area contributed by atoms with Crippen molar-refractivity contribution >= 4 is 11.8 Å². The van der Waals surface area contributed by atoms with Gasteiger partial charge in [0.05, 0.1) is 0 Å². The monoisotopic (exact) mass is 332 g/mol. The summed E-state index contributed by atoms with van der Waals surface area (Å²) in [4.78, 5) is 32.9. The largest absolute Gasteiger partial charge is 0.342 e. The summed E-state index contributed by atoms with van der Waals surface area (Å²) in [5.41, 5.74) is 0.217. The first kappa shape index (κ1) is 17.0. The number of nitrogens with zero attached hydrogens (tertiary/aromatic N) is 4. The third-order valence-corrected chi connectivity index (χ3v) is 5.90. The van der Waals surface area contributed by atoms with E-state index < -0.39 is 0 Å². The Morgan fingerprint density at radius 1 is 1.33 bits per heavy atom. The van der Waals surface area contributed by atoms with Crippen molar-refractivity contribution in [1.82, 2.24) is 19.4 Å². The van der Waals surface area contributed by atoms with Gasteiger partial charge in [0.15, 0.2) is 0 Å². The van der Waals surface area contributed by atoms with E-state index in [0.29, 0.717) is 6.42 Å². The molecule has 0 aromatic carbocycles. The van der Waals surface area contributed by atoms with Gasteiger partial charge in [0, 0.05) is 45.0 Å². The van der Waals surface area contributed by atoms with Gasteiger partial charge in [0.2, 0.25) is 11.8 Å². The molecule has 2 aliphatic rings. The first-order chi connectivity index (χ1) is 11.5. The summed E-state index contributed by atoms with van der Waals surface area (Å²) in [6.45, 7) is 9.16. The van der Waals surface area contributed by atoms with Crippen LogP contribution < -0.4 is 0 Å². The molecule has 1 spiro atoms. The van der Waals surface area contributed by atoms with Crippen LogP contribution in [0.3, 0.4) is 0 Å². The van der Waals surface area contributed by atoms with Crippen molar-refractivity contribution in [1.29, 1.82) is 0 Å². The van der Waals surface area contributed by atoms with Crippen LogP contribution in [0.15, 0.2) is 12.4 Å². The molecule has 132 valence electrons. The van der Waals surface area contributed by atoms with E-state index in [4.69, 9.17) is 0 Å². The van der Waals surface area contributed by atoms with Gasteiger partial charge in [-0.25, -0.2) is 4.98 Å². The minimum absolute atomic E-state index is 0.171. The highest BCUT2D eigenvalue weighted by atomic mass is 16.2. The molecule has 3 rings (SSSR count). The number of piperidine rings is 2. The van der Waals surface area contributed by atoms with E-state index in [2.05, 4.69) is 4.98 Å². The maximum Gasteiger partial charge on any atom is 0.245 e. The lowest BCUT2D eigenvalue weighted by atomic mass is 9.72. The number of carbonyl (C=O) groups excluding carboxylic acids is 2. The molecule has 6 heteroatoms. The zero-order valence-corrected chi connectivity index (χ0v) is 15.0. The van der Waals surface area contributed by atoms with Gasteiger partial charge < -0.3 is 14.4 Å². The van der Waals surface area contributed by atoms with Gasteiger partial charge in [0.25, 0.3) is 0 Å². The molecule has 1 aromatic heterocycles. The van der Waals surface area contributed by atoms with Gasteiger partial charge in [-0.3, -0.25) is 9.59 Å². The fraction of sp³-hybridized carbons (Fsp3) is 0.722. The lowest BCUT2D eigenvalue weighted by Crippen LogP contribution is -2.52. The molecule has 1 aromatic rings. The zero-order chi connectivity index (χ0) is 17.3. The van der Waals surface area contributed by atoms with Crippen LogP contribution in [0.25, 0.3) is 0 Å². The van der Waals surface area contributed by atoms with Crippen LogP contribution in [0, 0.1) is 12.3 Å². The van der Waals surface area contributed by atoms with Gasteiger partial charge in [0.1, 0.15) is 11.9 Å². The zero-order valence-electron chi connectivity index (χ0n) is 15.0. The lowest BCUT2D eigenvalue weighted by Gasteiger charge is -2.47. The van der Waals surface area contributed by atoms with E-state index in [1.54, 1.807) is 6.20 Å². The molecule has 6 nitrogen and oxygen atoms in total. The summed E-state index contributed by atoms with van der Waals surface area (Å²) in [5, 5.41) is 0. The van der Waals surface area contributed by atoms with E-state index in [1.807, 2.05) is 41.3 Å². The molecule has 0 radical (unpaired) electrons. The number of amides is 2. The number of aromatic nitrogens is 2. The molecule has 0 bridgehead atoms. The van der Waals surface area contributed by atoms with Gasteiger partial charge in [-0.05, 0) is 45.4 Å². The lowest BCUT2D eigenvalue weighted by molar-refractivity contribution is -0.143. The first-order valence-electron chi connectivity index (χ1n) is 9.02. The van der Waals surface area contributed by atoms with Crippen molar-refractivity contribution in [2.45, 2.75) is 52.5 Å². The summed E-state index contributed by atoms with van der Waals surface area (Å²) in [7, 11) is 0. The number of hydrogen-bond donors (Lipinski definition) is 0. The fourth-order valence-corrected chi connectivity index (χ4v) is 4.18. The molecular weight excluding hydrogens is 304 g/mol. The topological polar surface area (TPSA) is 58.4 Å². The second kappa shape index (κ2) is 6.57. The Balaban J connectivity index is 1.62. The Morgan fingerprint density at radius 3 is 2.62 bits per heavy atom. The summed E-state index contributed by atoms with van der Waals surface area (Å²) >= 11 is 0. The van der Waals surface area contributed by atoms with Gasteiger partial charge in [-0.1, -0.05) is 0 Å². The Kier molecular flexibility index (Phi) is 4.65. The molecule has 1 atom stereocenters. The van der Waals surface area contributed by atoms with Crippen molar-refractivity contribution in [3.63, 3.8) is 0 Å². The second-order valence-corrected chi connectivity index (χ2v) is 7.29. The quantitative estimate of drug-likeness (QED) is 0.851. The highest BCUT2D eigenvalue weighted by Gasteiger charge is 2.41. The van der Waals surface area contributed by atoms with Gasteiger partial charge >= 0.3 is 0 Å². The minimum atomic E-state index is -0.207. The number of carbonyl (C=O) groups is 2. The number of likely N-dealkylation sites (tertiary alicyclic amines) is 2. The fourth-order valence-electron chi connectivity index (χ4n) is 4.18. The number of aryl methyl sites for hydroxylation is 1. The van der Waals surface area contributed by atoms with Crippen LogP contribution in [0.4, 0.5) is 0 Å². The molecule has 3 heterocycles. The Morgan fingerprint density at radius 2 is 2.04 bits per heavy atom. The van der Waals surface area contributed by atoms with E-state index in [9.17, 15) is 9.59 Å². The molecule has 1 unspecified atom stereocenters. The van der Waals surface area contributed by atoms with Crippen LogP contribution in [-0.4, -0.2) is 57.3 Å². The number of hydrogen-bond acceptors (Lipinski definition) is 3. The third kappa shape index (κ3) is 3.06. The van der Waals surface area contributed by atoms with Crippen LogP contribution in [0.2, 0.25) is 0 Å². The van der Waals surface area contributed by atoms with Crippen LogP contribution in [-0.2, 0) is 9.59 Å². The molecule has 2 aliphatic heterocycles. The van der Waals surface area contributed by atoms with Crippen molar-refractivity contribution < 1.29 is 9.59 Å². The maximum atomic E-state index is 12.8. The molecule has 0 N–H and O–H groups in total. The molecule has 2 saturated heterocycles. The molecule has 0 saturated carbocycles. The van der Waals surface area contributed by atoms with Crippen LogP contribution in [0.1, 0.15) is 51.4 Å². The summed E-state index contributed by atoms with van der Waals surface area (Å²) in [6.07, 6.45) is 7.24. The Hall–Kier alpha value is -1.85. The minimum Gasteiger partial charge on any atom is -0.342 e. The molecule has 0 aliphatic carbocycles. The maximum absolute atomic E-state index is 12.8. The van der Waals surface area contributed by atoms with Gasteiger partial charge in [-0.15, -0.1) is 0 Å². The molecule has 24 heavy (non-hydrogen) atoms. The van der Waals surface area contributed by atoms with E-state index in [-0.39, 0.29) is 23.3 Å². The second-order valence-electron chi connectivity index (χ2n) is 7.29. The summed E-state index contributed by atoms with van der Waals surface area (Å²) < 4.78 is 1.94. The smallest absolute Gasteiger partial charge is 0.245 e. The standard InChI is InChI=1S/C18H28N4O2/c1-4-20-13-18(6-5-16(20)23)7-10-21(11-8-18)17(24)14(2)22-12-9-19-15(22)3/h9,12,14H,4-8,10-11,13H2,1-3H3. The summed E-state index contributed by atoms with van der Waals surface area (Å²) in [6, 6.07) is -0.207. The number of rotatable bonds is 3. The third-order valence-electron chi connectivity index (χ3n) is 5.90. The predicted octanol–water partition coefficient (Wildman–Crippen LogP) is 2.00. The van der Waals surface area contributed by atoms with Crippen LogP contribution in [0.5, 0.6) is 0 Å². The first-order valence-corrected chi connectivity index (χ1v) is 9.02. The highest BCUT2D eigenvalue weighted by molar-refractivity contribution is 5.80. The SMILES string of the molecule is CCN1CC2(CCC1=O)CCN(C(=O)C(C)n1ccnc1C)CC2. The van der Waals surface area contributed by atoms with Crippen molar-refractivity contribution in [3.8, 4) is 0 Å².